The third-order valence-corrected chi connectivity index (χ3v) is 3.25. The molecule has 2 rings (SSSR count). The van der Waals surface area contributed by atoms with Crippen molar-refractivity contribution in [1.82, 2.24) is 0 Å². The van der Waals surface area contributed by atoms with Crippen LogP contribution in [-0.4, -0.2) is 29.7 Å². The summed E-state index contributed by atoms with van der Waals surface area (Å²) in [4.78, 5) is 22.8. The zero-order valence-electron chi connectivity index (χ0n) is 10.8. The van der Waals surface area contributed by atoms with Gasteiger partial charge >= 0.3 is 5.97 Å². The van der Waals surface area contributed by atoms with Gasteiger partial charge in [0.1, 0.15) is 6.10 Å². The van der Waals surface area contributed by atoms with Gasteiger partial charge in [-0.2, -0.15) is 0 Å². The van der Waals surface area contributed by atoms with Gasteiger partial charge in [0.05, 0.1) is 5.92 Å². The minimum absolute atomic E-state index is 0.169. The fraction of sp³-hybridized carbons (Fsp3) is 0.429. The Bertz CT molecular complexity index is 480. The molecule has 5 nitrogen and oxygen atoms in total. The Morgan fingerprint density at radius 1 is 1.47 bits per heavy atom. The summed E-state index contributed by atoms with van der Waals surface area (Å²) >= 11 is 0. The maximum Gasteiger partial charge on any atom is 0.310 e. The van der Waals surface area contributed by atoms with E-state index in [0.29, 0.717) is 17.9 Å². The average Bonchev–Trinajstić information content (AvgIpc) is 2.92. The van der Waals surface area contributed by atoms with Crippen LogP contribution in [0, 0.1) is 0 Å². The predicted octanol–water partition coefficient (Wildman–Crippen LogP) is 1.99. The number of nitrogens with one attached hydrogen (secondary N) is 1. The number of carbonyl (C=O) groups is 2. The molecule has 0 aliphatic carbocycles. The molecule has 5 heteroatoms. The van der Waals surface area contributed by atoms with Gasteiger partial charge in [-0.1, -0.05) is 12.1 Å². The van der Waals surface area contributed by atoms with E-state index in [4.69, 9.17) is 9.84 Å². The quantitative estimate of drug-likeness (QED) is 0.871. The maximum absolute atomic E-state index is 11.9. The molecule has 1 aromatic rings. The van der Waals surface area contributed by atoms with Crippen molar-refractivity contribution in [3.05, 3.63) is 29.8 Å². The molecule has 19 heavy (non-hydrogen) atoms. The first kappa shape index (κ1) is 13.5. The minimum Gasteiger partial charge on any atom is -0.481 e. The van der Waals surface area contributed by atoms with Crippen molar-refractivity contribution in [3.63, 3.8) is 0 Å². The van der Waals surface area contributed by atoms with Gasteiger partial charge in [-0.3, -0.25) is 9.59 Å². The normalized spacial score (nSPS) is 19.9. The van der Waals surface area contributed by atoms with Crippen molar-refractivity contribution in [3.8, 4) is 0 Å². The predicted molar refractivity (Wildman–Crippen MR) is 70.1 cm³/mol. The van der Waals surface area contributed by atoms with Crippen molar-refractivity contribution in [2.24, 2.45) is 0 Å². The van der Waals surface area contributed by atoms with Crippen LogP contribution >= 0.6 is 0 Å². The number of carbonyl (C=O) groups excluding carboxylic acids is 1. The summed E-state index contributed by atoms with van der Waals surface area (Å²) in [6.07, 6.45) is 1.24. The Hall–Kier alpha value is -1.88. The van der Waals surface area contributed by atoms with Crippen molar-refractivity contribution in [2.45, 2.75) is 31.8 Å². The first-order valence-corrected chi connectivity index (χ1v) is 6.33. The average molecular weight is 263 g/mol. The summed E-state index contributed by atoms with van der Waals surface area (Å²) in [5, 5.41) is 11.7. The van der Waals surface area contributed by atoms with Gasteiger partial charge in [-0.25, -0.2) is 0 Å². The number of rotatable bonds is 4. The van der Waals surface area contributed by atoms with E-state index in [0.717, 1.165) is 12.8 Å². The van der Waals surface area contributed by atoms with Crippen LogP contribution in [0.3, 0.4) is 0 Å². The number of aliphatic carboxylic acids is 1. The van der Waals surface area contributed by atoms with E-state index in [1.54, 1.807) is 31.2 Å². The summed E-state index contributed by atoms with van der Waals surface area (Å²) < 4.78 is 5.30. The number of anilines is 1. The van der Waals surface area contributed by atoms with Gasteiger partial charge in [0.2, 0.25) is 0 Å². The molecule has 0 radical (unpaired) electrons. The van der Waals surface area contributed by atoms with E-state index in [9.17, 15) is 9.59 Å². The van der Waals surface area contributed by atoms with Crippen LogP contribution in [0.5, 0.6) is 0 Å². The summed E-state index contributed by atoms with van der Waals surface area (Å²) in [6, 6.07) is 6.90. The molecule has 2 N–H and O–H groups in total. The fourth-order valence-electron chi connectivity index (χ4n) is 2.04. The lowest BCUT2D eigenvalue weighted by molar-refractivity contribution is -0.138. The van der Waals surface area contributed by atoms with Gasteiger partial charge < -0.3 is 15.2 Å². The molecule has 0 unspecified atom stereocenters. The summed E-state index contributed by atoms with van der Waals surface area (Å²) in [7, 11) is 0. The summed E-state index contributed by atoms with van der Waals surface area (Å²) in [5.41, 5.74) is 1.27. The van der Waals surface area contributed by atoms with E-state index in [1.165, 1.54) is 0 Å². The smallest absolute Gasteiger partial charge is 0.310 e. The summed E-state index contributed by atoms with van der Waals surface area (Å²) in [6.45, 7) is 2.23. The third-order valence-electron chi connectivity index (χ3n) is 3.25. The number of carboxylic acids is 1. The highest BCUT2D eigenvalue weighted by molar-refractivity contribution is 5.94. The Kier molecular flexibility index (Phi) is 4.16. The van der Waals surface area contributed by atoms with Gasteiger partial charge in [0, 0.05) is 12.3 Å². The maximum atomic E-state index is 11.9. The number of carboxylic acid groups (broad SMARTS) is 1. The highest BCUT2D eigenvalue weighted by atomic mass is 16.5. The van der Waals surface area contributed by atoms with Crippen LogP contribution in [0.25, 0.3) is 0 Å². The Morgan fingerprint density at radius 3 is 2.89 bits per heavy atom. The molecule has 1 aliphatic rings. The lowest BCUT2D eigenvalue weighted by Gasteiger charge is -2.12. The van der Waals surface area contributed by atoms with Gasteiger partial charge in [0.25, 0.3) is 5.91 Å². The molecular weight excluding hydrogens is 246 g/mol. The molecule has 0 aromatic heterocycles. The van der Waals surface area contributed by atoms with Crippen LogP contribution in [0.1, 0.15) is 31.2 Å². The monoisotopic (exact) mass is 263 g/mol. The molecule has 1 heterocycles. The van der Waals surface area contributed by atoms with Crippen molar-refractivity contribution in [2.75, 3.05) is 11.9 Å². The third kappa shape index (κ3) is 3.32. The molecule has 1 fully saturated rings. The number of hydrogen-bond donors (Lipinski definition) is 2. The van der Waals surface area contributed by atoms with Crippen molar-refractivity contribution in [1.29, 1.82) is 0 Å². The highest BCUT2D eigenvalue weighted by Gasteiger charge is 2.23. The van der Waals surface area contributed by atoms with E-state index >= 15 is 0 Å². The fourth-order valence-corrected chi connectivity index (χ4v) is 2.04. The van der Waals surface area contributed by atoms with Crippen LogP contribution in [0.4, 0.5) is 5.69 Å². The largest absolute Gasteiger partial charge is 0.481 e. The molecule has 102 valence electrons. The number of benzene rings is 1. The molecule has 1 aliphatic heterocycles. The van der Waals surface area contributed by atoms with Crippen LogP contribution in [0.15, 0.2) is 24.3 Å². The Labute approximate surface area is 111 Å². The second-order valence-electron chi connectivity index (χ2n) is 4.68. The lowest BCUT2D eigenvalue weighted by atomic mass is 10.0. The SMILES string of the molecule is C[C@H](C(=O)O)c1cccc(NC(=O)[C@H]2CCCO2)c1. The van der Waals surface area contributed by atoms with Gasteiger partial charge in [0.15, 0.2) is 0 Å². The molecule has 2 atom stereocenters. The molecule has 0 bridgehead atoms. The van der Waals surface area contributed by atoms with Gasteiger partial charge in [-0.05, 0) is 37.5 Å². The molecule has 0 spiro atoms. The van der Waals surface area contributed by atoms with E-state index in [1.807, 2.05) is 0 Å². The molecule has 1 aromatic carbocycles. The topological polar surface area (TPSA) is 75.6 Å². The first-order chi connectivity index (χ1) is 9.08. The standard InChI is InChI=1S/C14H17NO4/c1-9(14(17)18)10-4-2-5-11(8-10)15-13(16)12-6-3-7-19-12/h2,4-5,8-9,12H,3,6-7H2,1H3,(H,15,16)(H,17,18)/t9-,12+/m0/s1. The van der Waals surface area contributed by atoms with E-state index < -0.39 is 11.9 Å². The zero-order valence-corrected chi connectivity index (χ0v) is 10.8. The Morgan fingerprint density at radius 2 is 2.26 bits per heavy atom. The highest BCUT2D eigenvalue weighted by Crippen LogP contribution is 2.20. The number of amides is 1. The van der Waals surface area contributed by atoms with E-state index in [-0.39, 0.29) is 12.0 Å². The van der Waals surface area contributed by atoms with Crippen molar-refractivity contribution < 1.29 is 19.4 Å². The Balaban J connectivity index is 2.06. The molecule has 1 amide bonds. The van der Waals surface area contributed by atoms with Crippen LogP contribution < -0.4 is 5.32 Å². The number of ether oxygens (including phenoxy) is 1. The van der Waals surface area contributed by atoms with Gasteiger partial charge in [-0.15, -0.1) is 0 Å². The zero-order chi connectivity index (χ0) is 13.8. The lowest BCUT2D eigenvalue weighted by Crippen LogP contribution is -2.26. The van der Waals surface area contributed by atoms with Crippen LogP contribution in [-0.2, 0) is 14.3 Å². The minimum atomic E-state index is -0.886. The number of hydrogen-bond acceptors (Lipinski definition) is 3. The van der Waals surface area contributed by atoms with Crippen LogP contribution in [0.2, 0.25) is 0 Å². The van der Waals surface area contributed by atoms with E-state index in [2.05, 4.69) is 5.32 Å². The second kappa shape index (κ2) is 5.84. The molecule has 1 saturated heterocycles. The second-order valence-corrected chi connectivity index (χ2v) is 4.68. The first-order valence-electron chi connectivity index (χ1n) is 6.33. The summed E-state index contributed by atoms with van der Waals surface area (Å²) in [5.74, 6) is -1.65. The molecular formula is C14H17NO4. The molecule has 0 saturated carbocycles. The van der Waals surface area contributed by atoms with Crippen molar-refractivity contribution >= 4 is 17.6 Å².